The lowest BCUT2D eigenvalue weighted by atomic mass is 10.0. The molecule has 0 radical (unpaired) electrons. The second-order valence-corrected chi connectivity index (χ2v) is 6.14. The van der Waals surface area contributed by atoms with Gasteiger partial charge in [0.05, 0.1) is 29.7 Å². The molecule has 112 valence electrons. The van der Waals surface area contributed by atoms with Crippen LogP contribution in [0.2, 0.25) is 10.0 Å². The van der Waals surface area contributed by atoms with Crippen molar-refractivity contribution in [2.45, 2.75) is 31.6 Å². The molecular formula is C16H17Cl2NO2. The molecule has 3 nitrogen and oxygen atoms in total. The molecule has 0 saturated heterocycles. The smallest absolute Gasteiger partial charge is 0.148 e. The average molecular weight is 326 g/mol. The Kier molecular flexibility index (Phi) is 4.14. The van der Waals surface area contributed by atoms with Gasteiger partial charge in [0.15, 0.2) is 0 Å². The average Bonchev–Trinajstić information content (AvgIpc) is 3.01. The number of hydrogen-bond acceptors (Lipinski definition) is 3. The van der Waals surface area contributed by atoms with Crippen molar-refractivity contribution in [2.24, 2.45) is 0 Å². The fraction of sp³-hybridized carbons (Fsp3) is 0.438. The number of nitrogens with zero attached hydrogens (tertiary/aromatic N) is 1. The zero-order valence-corrected chi connectivity index (χ0v) is 13.6. The van der Waals surface area contributed by atoms with Gasteiger partial charge in [-0.1, -0.05) is 36.0 Å². The van der Waals surface area contributed by atoms with Crippen molar-refractivity contribution in [3.63, 3.8) is 0 Å². The summed E-state index contributed by atoms with van der Waals surface area (Å²) in [5.41, 5.74) is 1.75. The van der Waals surface area contributed by atoms with Crippen molar-refractivity contribution < 1.29 is 9.47 Å². The molecule has 1 saturated carbocycles. The number of pyridine rings is 1. The lowest BCUT2D eigenvalue weighted by Crippen LogP contribution is -2.00. The molecule has 0 atom stereocenters. The fourth-order valence-corrected chi connectivity index (χ4v) is 3.64. The van der Waals surface area contributed by atoms with E-state index in [2.05, 4.69) is 0 Å². The maximum absolute atomic E-state index is 6.49. The summed E-state index contributed by atoms with van der Waals surface area (Å²) in [6.45, 7) is 0. The standard InChI is InChI=1S/C16H17Cl2NO2/c1-20-13-8-11(18)16(21-2)14-10(17)7-12(19-15(13)14)9-5-3-4-6-9/h7-9H,3-6H2,1-2H3. The van der Waals surface area contributed by atoms with E-state index in [1.165, 1.54) is 25.7 Å². The summed E-state index contributed by atoms with van der Waals surface area (Å²) in [7, 11) is 3.18. The molecule has 1 aromatic heterocycles. The third kappa shape index (κ3) is 2.53. The Balaban J connectivity index is 2.27. The van der Waals surface area contributed by atoms with Crippen LogP contribution in [0.4, 0.5) is 0 Å². The number of halogens is 2. The van der Waals surface area contributed by atoms with Crippen LogP contribution in [0.3, 0.4) is 0 Å². The second-order valence-electron chi connectivity index (χ2n) is 5.33. The third-order valence-corrected chi connectivity index (χ3v) is 4.70. The molecule has 0 spiro atoms. The number of rotatable bonds is 3. The van der Waals surface area contributed by atoms with Crippen LogP contribution in [0.15, 0.2) is 12.1 Å². The molecule has 0 N–H and O–H groups in total. The lowest BCUT2D eigenvalue weighted by Gasteiger charge is -2.16. The summed E-state index contributed by atoms with van der Waals surface area (Å²) in [5.74, 6) is 1.65. The number of ether oxygens (including phenoxy) is 2. The highest BCUT2D eigenvalue weighted by Crippen LogP contribution is 2.44. The topological polar surface area (TPSA) is 31.4 Å². The Morgan fingerprint density at radius 2 is 1.76 bits per heavy atom. The molecule has 0 aliphatic heterocycles. The van der Waals surface area contributed by atoms with E-state index in [1.54, 1.807) is 20.3 Å². The van der Waals surface area contributed by atoms with Crippen LogP contribution in [0.1, 0.15) is 37.3 Å². The van der Waals surface area contributed by atoms with E-state index in [0.29, 0.717) is 38.4 Å². The molecule has 1 fully saturated rings. The van der Waals surface area contributed by atoms with Crippen molar-refractivity contribution in [1.82, 2.24) is 4.98 Å². The van der Waals surface area contributed by atoms with Crippen molar-refractivity contribution >= 4 is 34.1 Å². The van der Waals surface area contributed by atoms with E-state index < -0.39 is 0 Å². The van der Waals surface area contributed by atoms with Crippen molar-refractivity contribution in [2.75, 3.05) is 14.2 Å². The van der Waals surface area contributed by atoms with Crippen LogP contribution >= 0.6 is 23.2 Å². The summed E-state index contributed by atoms with van der Waals surface area (Å²) >= 11 is 12.7. The molecule has 1 aromatic carbocycles. The molecule has 0 amide bonds. The van der Waals surface area contributed by atoms with Gasteiger partial charge < -0.3 is 9.47 Å². The van der Waals surface area contributed by atoms with Crippen molar-refractivity contribution in [1.29, 1.82) is 0 Å². The van der Waals surface area contributed by atoms with Crippen LogP contribution < -0.4 is 9.47 Å². The zero-order chi connectivity index (χ0) is 15.0. The van der Waals surface area contributed by atoms with E-state index in [-0.39, 0.29) is 0 Å². The lowest BCUT2D eigenvalue weighted by molar-refractivity contribution is 0.410. The molecule has 5 heteroatoms. The Morgan fingerprint density at radius 1 is 1.05 bits per heavy atom. The van der Waals surface area contributed by atoms with Crippen LogP contribution in [-0.4, -0.2) is 19.2 Å². The van der Waals surface area contributed by atoms with Crippen LogP contribution in [0.25, 0.3) is 10.9 Å². The second kappa shape index (κ2) is 5.90. The Morgan fingerprint density at radius 3 is 2.38 bits per heavy atom. The number of hydrogen-bond donors (Lipinski definition) is 0. The molecule has 3 rings (SSSR count). The molecular weight excluding hydrogens is 309 g/mol. The summed E-state index contributed by atoms with van der Waals surface area (Å²) in [6, 6.07) is 3.67. The highest BCUT2D eigenvalue weighted by molar-refractivity contribution is 6.38. The first-order chi connectivity index (χ1) is 10.2. The van der Waals surface area contributed by atoms with Gasteiger partial charge in [-0.2, -0.15) is 0 Å². The SMILES string of the molecule is COc1cc(Cl)c(OC)c2c(Cl)cc(C3CCCC3)nc12. The van der Waals surface area contributed by atoms with E-state index in [9.17, 15) is 0 Å². The number of aromatic nitrogens is 1. The summed E-state index contributed by atoms with van der Waals surface area (Å²) in [4.78, 5) is 4.79. The molecule has 1 aliphatic carbocycles. The van der Waals surface area contributed by atoms with Gasteiger partial charge in [-0.3, -0.25) is 0 Å². The number of fused-ring (bicyclic) bond motifs is 1. The Hall–Kier alpha value is -1.19. The predicted molar refractivity (Wildman–Crippen MR) is 86.1 cm³/mol. The monoisotopic (exact) mass is 325 g/mol. The Bertz CT molecular complexity index is 682. The fourth-order valence-electron chi connectivity index (χ4n) is 3.08. The first-order valence-electron chi connectivity index (χ1n) is 7.06. The van der Waals surface area contributed by atoms with Gasteiger partial charge >= 0.3 is 0 Å². The maximum atomic E-state index is 6.49. The number of benzene rings is 1. The summed E-state index contributed by atoms with van der Waals surface area (Å²) < 4.78 is 10.8. The van der Waals surface area contributed by atoms with Crippen LogP contribution in [-0.2, 0) is 0 Å². The van der Waals surface area contributed by atoms with Gasteiger partial charge in [-0.15, -0.1) is 0 Å². The molecule has 0 unspecified atom stereocenters. The number of methoxy groups -OCH3 is 2. The predicted octanol–water partition coefficient (Wildman–Crippen LogP) is 5.22. The van der Waals surface area contributed by atoms with Gasteiger partial charge in [0, 0.05) is 17.7 Å². The van der Waals surface area contributed by atoms with Crippen LogP contribution in [0.5, 0.6) is 11.5 Å². The molecule has 1 aliphatic rings. The van der Waals surface area contributed by atoms with E-state index in [1.807, 2.05) is 6.07 Å². The van der Waals surface area contributed by atoms with E-state index >= 15 is 0 Å². The zero-order valence-electron chi connectivity index (χ0n) is 12.1. The summed E-state index contributed by atoms with van der Waals surface area (Å²) in [6.07, 6.45) is 4.84. The van der Waals surface area contributed by atoms with Gasteiger partial charge in [0.1, 0.15) is 17.0 Å². The highest BCUT2D eigenvalue weighted by Gasteiger charge is 2.23. The molecule has 21 heavy (non-hydrogen) atoms. The van der Waals surface area contributed by atoms with Crippen molar-refractivity contribution in [3.05, 3.63) is 27.9 Å². The quantitative estimate of drug-likeness (QED) is 0.775. The maximum Gasteiger partial charge on any atom is 0.148 e. The third-order valence-electron chi connectivity index (χ3n) is 4.12. The minimum atomic E-state index is 0.471. The summed E-state index contributed by atoms with van der Waals surface area (Å²) in [5, 5.41) is 1.80. The van der Waals surface area contributed by atoms with E-state index in [0.717, 1.165) is 5.69 Å². The highest BCUT2D eigenvalue weighted by atomic mass is 35.5. The van der Waals surface area contributed by atoms with Gasteiger partial charge in [-0.25, -0.2) is 4.98 Å². The van der Waals surface area contributed by atoms with Gasteiger partial charge in [0.25, 0.3) is 0 Å². The van der Waals surface area contributed by atoms with Gasteiger partial charge in [0.2, 0.25) is 0 Å². The largest absolute Gasteiger partial charge is 0.494 e. The van der Waals surface area contributed by atoms with Crippen LogP contribution in [0, 0.1) is 0 Å². The minimum Gasteiger partial charge on any atom is -0.494 e. The molecule has 0 bridgehead atoms. The van der Waals surface area contributed by atoms with Crippen molar-refractivity contribution in [3.8, 4) is 11.5 Å². The molecule has 2 aromatic rings. The first-order valence-corrected chi connectivity index (χ1v) is 7.82. The first kappa shape index (κ1) is 14.7. The van der Waals surface area contributed by atoms with Gasteiger partial charge in [-0.05, 0) is 18.9 Å². The molecule has 1 heterocycles. The minimum absolute atomic E-state index is 0.471. The normalized spacial score (nSPS) is 15.6. The van der Waals surface area contributed by atoms with E-state index in [4.69, 9.17) is 37.7 Å². The Labute approximate surface area is 134 Å².